The quantitative estimate of drug-likeness (QED) is 0.867. The molecule has 0 saturated carbocycles. The standard InChI is InChI=1S/C17H17NO2S/c1-13-12-21-16-10-6-5-9-15(16)18(13)17(19)11-20-14-7-3-2-4-8-14/h2-10,13H,11-12H2,1H3. The first-order valence-electron chi connectivity index (χ1n) is 6.97. The van der Waals surface area contributed by atoms with Crippen LogP contribution < -0.4 is 9.64 Å². The van der Waals surface area contributed by atoms with Gasteiger partial charge >= 0.3 is 0 Å². The second kappa shape index (κ2) is 6.22. The summed E-state index contributed by atoms with van der Waals surface area (Å²) in [4.78, 5) is 15.5. The van der Waals surface area contributed by atoms with Crippen molar-refractivity contribution in [3.05, 3.63) is 54.6 Å². The Hall–Kier alpha value is -1.94. The Balaban J connectivity index is 1.75. The number of benzene rings is 2. The Kier molecular flexibility index (Phi) is 4.15. The molecule has 0 bridgehead atoms. The summed E-state index contributed by atoms with van der Waals surface area (Å²) in [5.74, 6) is 1.63. The molecule has 0 spiro atoms. The molecule has 1 aliphatic rings. The first kappa shape index (κ1) is 14.0. The third kappa shape index (κ3) is 3.05. The van der Waals surface area contributed by atoms with Gasteiger partial charge in [-0.2, -0.15) is 0 Å². The zero-order valence-electron chi connectivity index (χ0n) is 11.9. The molecule has 4 heteroatoms. The van der Waals surface area contributed by atoms with Crippen molar-refractivity contribution in [2.75, 3.05) is 17.3 Å². The highest BCUT2D eigenvalue weighted by molar-refractivity contribution is 7.99. The van der Waals surface area contributed by atoms with Gasteiger partial charge in [0.15, 0.2) is 6.61 Å². The lowest BCUT2D eigenvalue weighted by Gasteiger charge is -2.34. The van der Waals surface area contributed by atoms with Crippen LogP contribution in [-0.4, -0.2) is 24.3 Å². The van der Waals surface area contributed by atoms with Crippen LogP contribution >= 0.6 is 11.8 Å². The molecule has 0 N–H and O–H groups in total. The van der Waals surface area contributed by atoms with E-state index in [0.717, 1.165) is 22.1 Å². The summed E-state index contributed by atoms with van der Waals surface area (Å²) < 4.78 is 5.59. The zero-order valence-corrected chi connectivity index (χ0v) is 12.7. The van der Waals surface area contributed by atoms with E-state index in [1.54, 1.807) is 11.8 Å². The molecule has 0 radical (unpaired) electrons. The minimum atomic E-state index is -0.000830. The summed E-state index contributed by atoms with van der Waals surface area (Å²) in [6.45, 7) is 2.14. The molecule has 3 rings (SSSR count). The molecule has 1 unspecified atom stereocenters. The van der Waals surface area contributed by atoms with E-state index in [1.165, 1.54) is 0 Å². The highest BCUT2D eigenvalue weighted by Crippen LogP contribution is 2.37. The van der Waals surface area contributed by atoms with Crippen LogP contribution in [0.5, 0.6) is 5.75 Å². The molecule has 3 nitrogen and oxygen atoms in total. The van der Waals surface area contributed by atoms with Gasteiger partial charge in [-0.25, -0.2) is 0 Å². The van der Waals surface area contributed by atoms with Crippen molar-refractivity contribution >= 4 is 23.4 Å². The van der Waals surface area contributed by atoms with Gasteiger partial charge in [0.25, 0.3) is 5.91 Å². The summed E-state index contributed by atoms with van der Waals surface area (Å²) in [6.07, 6.45) is 0. The molecular weight excluding hydrogens is 282 g/mol. The van der Waals surface area contributed by atoms with E-state index in [-0.39, 0.29) is 18.6 Å². The van der Waals surface area contributed by atoms with E-state index in [4.69, 9.17) is 4.74 Å². The highest BCUT2D eigenvalue weighted by Gasteiger charge is 2.28. The molecule has 2 aromatic rings. The van der Waals surface area contributed by atoms with Crippen molar-refractivity contribution in [2.45, 2.75) is 17.9 Å². The molecule has 1 heterocycles. The van der Waals surface area contributed by atoms with Crippen LogP contribution in [0.4, 0.5) is 5.69 Å². The topological polar surface area (TPSA) is 29.5 Å². The molecule has 0 saturated heterocycles. The van der Waals surface area contributed by atoms with Gasteiger partial charge < -0.3 is 9.64 Å². The lowest BCUT2D eigenvalue weighted by molar-refractivity contribution is -0.120. The van der Waals surface area contributed by atoms with Crippen molar-refractivity contribution in [3.63, 3.8) is 0 Å². The van der Waals surface area contributed by atoms with Gasteiger partial charge in [0.2, 0.25) is 0 Å². The van der Waals surface area contributed by atoms with Gasteiger partial charge in [-0.05, 0) is 31.2 Å². The molecule has 0 fully saturated rings. The summed E-state index contributed by atoms with van der Waals surface area (Å²) in [5, 5.41) is 0. The molecule has 1 aliphatic heterocycles. The van der Waals surface area contributed by atoms with Gasteiger partial charge in [-0.3, -0.25) is 4.79 Å². The van der Waals surface area contributed by atoms with Crippen LogP contribution in [-0.2, 0) is 4.79 Å². The Morgan fingerprint density at radius 1 is 1.19 bits per heavy atom. The molecule has 108 valence electrons. The molecule has 21 heavy (non-hydrogen) atoms. The van der Waals surface area contributed by atoms with Gasteiger partial charge in [0.1, 0.15) is 5.75 Å². The largest absolute Gasteiger partial charge is 0.484 e. The van der Waals surface area contributed by atoms with E-state index < -0.39 is 0 Å². The SMILES string of the molecule is CC1CSc2ccccc2N1C(=O)COc1ccccc1. The predicted octanol–water partition coefficient (Wildman–Crippen LogP) is 3.59. The number of para-hydroxylation sites is 2. The number of hydrogen-bond acceptors (Lipinski definition) is 3. The monoisotopic (exact) mass is 299 g/mol. The van der Waals surface area contributed by atoms with E-state index in [2.05, 4.69) is 13.0 Å². The number of amides is 1. The van der Waals surface area contributed by atoms with Crippen LogP contribution in [0.3, 0.4) is 0 Å². The minimum Gasteiger partial charge on any atom is -0.484 e. The average molecular weight is 299 g/mol. The maximum atomic E-state index is 12.5. The van der Waals surface area contributed by atoms with E-state index in [9.17, 15) is 4.79 Å². The van der Waals surface area contributed by atoms with Crippen LogP contribution in [0.2, 0.25) is 0 Å². The number of carbonyl (C=O) groups excluding carboxylic acids is 1. The second-order valence-electron chi connectivity index (χ2n) is 4.99. The molecule has 1 atom stereocenters. The third-order valence-corrected chi connectivity index (χ3v) is 4.73. The smallest absolute Gasteiger partial charge is 0.265 e. The number of rotatable bonds is 3. The first-order valence-corrected chi connectivity index (χ1v) is 7.96. The lowest BCUT2D eigenvalue weighted by Crippen LogP contribution is -2.44. The van der Waals surface area contributed by atoms with Gasteiger partial charge in [0, 0.05) is 16.7 Å². The van der Waals surface area contributed by atoms with Crippen molar-refractivity contribution in [1.82, 2.24) is 0 Å². The molecule has 0 aromatic heterocycles. The van der Waals surface area contributed by atoms with E-state index >= 15 is 0 Å². The van der Waals surface area contributed by atoms with Crippen LogP contribution in [0.1, 0.15) is 6.92 Å². The average Bonchev–Trinajstić information content (AvgIpc) is 2.53. The second-order valence-corrected chi connectivity index (χ2v) is 6.06. The maximum absolute atomic E-state index is 12.5. The number of anilines is 1. The molecule has 2 aromatic carbocycles. The summed E-state index contributed by atoms with van der Waals surface area (Å²) >= 11 is 1.80. The normalized spacial score (nSPS) is 17.2. The highest BCUT2D eigenvalue weighted by atomic mass is 32.2. The Morgan fingerprint density at radius 3 is 2.71 bits per heavy atom. The Labute approximate surface area is 128 Å². The number of fused-ring (bicyclic) bond motifs is 1. The fourth-order valence-corrected chi connectivity index (χ4v) is 3.47. The van der Waals surface area contributed by atoms with Crippen LogP contribution in [0.25, 0.3) is 0 Å². The summed E-state index contributed by atoms with van der Waals surface area (Å²) in [7, 11) is 0. The molecular formula is C17H17NO2S. The summed E-state index contributed by atoms with van der Waals surface area (Å²) in [5.41, 5.74) is 0.989. The van der Waals surface area contributed by atoms with Crippen molar-refractivity contribution < 1.29 is 9.53 Å². The van der Waals surface area contributed by atoms with E-state index in [1.807, 2.05) is 53.4 Å². The fraction of sp³-hybridized carbons (Fsp3) is 0.235. The molecule has 0 aliphatic carbocycles. The number of carbonyl (C=O) groups is 1. The number of thioether (sulfide) groups is 1. The van der Waals surface area contributed by atoms with Gasteiger partial charge in [-0.15, -0.1) is 11.8 Å². The zero-order chi connectivity index (χ0) is 14.7. The minimum absolute atomic E-state index is 0.000830. The fourth-order valence-electron chi connectivity index (χ4n) is 2.41. The van der Waals surface area contributed by atoms with E-state index in [0.29, 0.717) is 0 Å². The predicted molar refractivity (Wildman–Crippen MR) is 86.1 cm³/mol. The summed E-state index contributed by atoms with van der Waals surface area (Å²) in [6, 6.07) is 17.6. The van der Waals surface area contributed by atoms with Gasteiger partial charge in [-0.1, -0.05) is 30.3 Å². The first-order chi connectivity index (χ1) is 10.3. The van der Waals surface area contributed by atoms with Crippen molar-refractivity contribution in [1.29, 1.82) is 0 Å². The van der Waals surface area contributed by atoms with Crippen molar-refractivity contribution in [2.24, 2.45) is 0 Å². The Bertz CT molecular complexity index is 630. The lowest BCUT2D eigenvalue weighted by atomic mass is 10.2. The number of ether oxygens (including phenoxy) is 1. The van der Waals surface area contributed by atoms with Crippen LogP contribution in [0.15, 0.2) is 59.5 Å². The number of hydrogen-bond donors (Lipinski definition) is 0. The van der Waals surface area contributed by atoms with Crippen LogP contribution in [0, 0.1) is 0 Å². The maximum Gasteiger partial charge on any atom is 0.265 e. The third-order valence-electron chi connectivity index (χ3n) is 3.42. The van der Waals surface area contributed by atoms with Gasteiger partial charge in [0.05, 0.1) is 5.69 Å². The Morgan fingerprint density at radius 2 is 1.90 bits per heavy atom. The van der Waals surface area contributed by atoms with Crippen molar-refractivity contribution in [3.8, 4) is 5.75 Å². The number of nitrogens with zero attached hydrogens (tertiary/aromatic N) is 1. The molecule has 1 amide bonds.